The summed E-state index contributed by atoms with van der Waals surface area (Å²) in [5.41, 5.74) is 9.06. The second-order valence-corrected chi connectivity index (χ2v) is 5.90. The molecule has 1 aliphatic carbocycles. The molecule has 0 bridgehead atoms. The van der Waals surface area contributed by atoms with Gasteiger partial charge in [-0.2, -0.15) is 0 Å². The Morgan fingerprint density at radius 2 is 2.00 bits per heavy atom. The number of thiazole rings is 1. The quantitative estimate of drug-likeness (QED) is 0.809. The van der Waals surface area contributed by atoms with Gasteiger partial charge >= 0.3 is 0 Å². The Labute approximate surface area is 112 Å². The van der Waals surface area contributed by atoms with Crippen LogP contribution in [0.3, 0.4) is 0 Å². The molecule has 1 saturated carbocycles. The lowest BCUT2D eigenvalue weighted by Crippen LogP contribution is -2.04. The smallest absolute Gasteiger partial charge is 0.123 e. The van der Waals surface area contributed by atoms with Crippen LogP contribution in [0.4, 0.5) is 5.69 Å². The Morgan fingerprint density at radius 3 is 2.78 bits per heavy atom. The Morgan fingerprint density at radius 1 is 1.17 bits per heavy atom. The van der Waals surface area contributed by atoms with Crippen molar-refractivity contribution in [1.29, 1.82) is 0 Å². The predicted octanol–water partition coefficient (Wildman–Crippen LogP) is 4.44. The molecule has 1 heterocycles. The summed E-state index contributed by atoms with van der Waals surface area (Å²) in [7, 11) is 0. The SMILES string of the molecule is Nc1cccc(-c2nc(C3CCCCC3)cs2)c1. The van der Waals surface area contributed by atoms with E-state index in [1.54, 1.807) is 11.3 Å². The molecule has 1 aromatic heterocycles. The molecule has 2 N–H and O–H groups in total. The zero-order valence-electron chi connectivity index (χ0n) is 10.4. The van der Waals surface area contributed by atoms with Gasteiger partial charge in [0.2, 0.25) is 0 Å². The average Bonchev–Trinajstić information content (AvgIpc) is 2.89. The molecule has 0 atom stereocenters. The molecule has 2 nitrogen and oxygen atoms in total. The van der Waals surface area contributed by atoms with Crippen molar-refractivity contribution in [3.05, 3.63) is 35.3 Å². The molecule has 18 heavy (non-hydrogen) atoms. The van der Waals surface area contributed by atoms with Gasteiger partial charge in [0.25, 0.3) is 0 Å². The number of hydrogen-bond acceptors (Lipinski definition) is 3. The maximum absolute atomic E-state index is 5.82. The monoisotopic (exact) mass is 258 g/mol. The molecule has 2 aromatic rings. The van der Waals surface area contributed by atoms with Crippen molar-refractivity contribution >= 4 is 17.0 Å². The molecule has 94 valence electrons. The zero-order valence-corrected chi connectivity index (χ0v) is 11.2. The molecule has 0 saturated heterocycles. The molecule has 0 spiro atoms. The largest absolute Gasteiger partial charge is 0.399 e. The predicted molar refractivity (Wildman–Crippen MR) is 77.8 cm³/mol. The molecule has 0 amide bonds. The van der Waals surface area contributed by atoms with Crippen LogP contribution in [0.5, 0.6) is 0 Å². The molecule has 0 radical (unpaired) electrons. The van der Waals surface area contributed by atoms with Gasteiger partial charge in [0.05, 0.1) is 5.69 Å². The van der Waals surface area contributed by atoms with E-state index in [-0.39, 0.29) is 0 Å². The summed E-state index contributed by atoms with van der Waals surface area (Å²) in [4.78, 5) is 4.81. The highest BCUT2D eigenvalue weighted by molar-refractivity contribution is 7.13. The molecule has 0 aliphatic heterocycles. The van der Waals surface area contributed by atoms with E-state index >= 15 is 0 Å². The third-order valence-corrected chi connectivity index (χ3v) is 4.59. The fourth-order valence-corrected chi connectivity index (χ4v) is 3.58. The Balaban J connectivity index is 1.84. The standard InChI is InChI=1S/C15H18N2S/c16-13-8-4-7-12(9-13)15-17-14(10-18-15)11-5-2-1-3-6-11/h4,7-11H,1-3,5-6,16H2. The highest BCUT2D eigenvalue weighted by Crippen LogP contribution is 2.35. The summed E-state index contributed by atoms with van der Waals surface area (Å²) in [5, 5.41) is 3.33. The van der Waals surface area contributed by atoms with Crippen LogP contribution in [0.15, 0.2) is 29.6 Å². The normalized spacial score (nSPS) is 16.9. The van der Waals surface area contributed by atoms with Gasteiger partial charge in [-0.15, -0.1) is 11.3 Å². The summed E-state index contributed by atoms with van der Waals surface area (Å²) in [6.45, 7) is 0. The van der Waals surface area contributed by atoms with Crippen LogP contribution in [0.1, 0.15) is 43.7 Å². The third kappa shape index (κ3) is 2.41. The molecular formula is C15H18N2S. The van der Waals surface area contributed by atoms with Crippen LogP contribution < -0.4 is 5.73 Å². The molecule has 1 aromatic carbocycles. The van der Waals surface area contributed by atoms with E-state index in [9.17, 15) is 0 Å². The van der Waals surface area contributed by atoms with E-state index in [4.69, 9.17) is 10.7 Å². The van der Waals surface area contributed by atoms with Crippen LogP contribution in [0.25, 0.3) is 10.6 Å². The van der Waals surface area contributed by atoms with Crippen molar-refractivity contribution in [1.82, 2.24) is 4.98 Å². The molecule has 3 rings (SSSR count). The zero-order chi connectivity index (χ0) is 12.4. The first-order valence-corrected chi connectivity index (χ1v) is 7.52. The van der Waals surface area contributed by atoms with Gasteiger partial charge in [-0.1, -0.05) is 31.4 Å². The minimum absolute atomic E-state index is 0.685. The minimum Gasteiger partial charge on any atom is -0.399 e. The van der Waals surface area contributed by atoms with Crippen molar-refractivity contribution in [3.63, 3.8) is 0 Å². The second-order valence-electron chi connectivity index (χ2n) is 5.04. The number of anilines is 1. The fraction of sp³-hybridized carbons (Fsp3) is 0.400. The Bertz CT molecular complexity index is 527. The molecule has 3 heteroatoms. The summed E-state index contributed by atoms with van der Waals surface area (Å²) in [6.07, 6.45) is 6.72. The number of aromatic nitrogens is 1. The van der Waals surface area contributed by atoms with Gasteiger partial charge < -0.3 is 5.73 Å². The molecule has 0 unspecified atom stereocenters. The lowest BCUT2D eigenvalue weighted by atomic mass is 9.87. The summed E-state index contributed by atoms with van der Waals surface area (Å²) in [5.74, 6) is 0.685. The van der Waals surface area contributed by atoms with E-state index in [2.05, 4.69) is 11.4 Å². The van der Waals surface area contributed by atoms with E-state index < -0.39 is 0 Å². The summed E-state index contributed by atoms with van der Waals surface area (Å²) < 4.78 is 0. The number of benzene rings is 1. The van der Waals surface area contributed by atoms with Crippen LogP contribution in [0.2, 0.25) is 0 Å². The Hall–Kier alpha value is -1.35. The highest BCUT2D eigenvalue weighted by Gasteiger charge is 2.18. The number of nitrogens with two attached hydrogens (primary N) is 1. The van der Waals surface area contributed by atoms with Crippen molar-refractivity contribution in [2.24, 2.45) is 0 Å². The second kappa shape index (κ2) is 5.11. The van der Waals surface area contributed by atoms with E-state index in [1.165, 1.54) is 37.8 Å². The van der Waals surface area contributed by atoms with Crippen LogP contribution in [0, 0.1) is 0 Å². The first kappa shape index (κ1) is 11.7. The first-order chi connectivity index (χ1) is 8.83. The van der Waals surface area contributed by atoms with E-state index in [1.807, 2.05) is 18.2 Å². The summed E-state index contributed by atoms with van der Waals surface area (Å²) >= 11 is 1.74. The van der Waals surface area contributed by atoms with Crippen molar-refractivity contribution in [3.8, 4) is 10.6 Å². The van der Waals surface area contributed by atoms with Gasteiger partial charge in [0.1, 0.15) is 5.01 Å². The minimum atomic E-state index is 0.685. The number of nitrogens with zero attached hydrogens (tertiary/aromatic N) is 1. The van der Waals surface area contributed by atoms with Crippen molar-refractivity contribution in [2.45, 2.75) is 38.0 Å². The lowest BCUT2D eigenvalue weighted by molar-refractivity contribution is 0.438. The maximum Gasteiger partial charge on any atom is 0.123 e. The fourth-order valence-electron chi connectivity index (χ4n) is 2.68. The number of hydrogen-bond donors (Lipinski definition) is 1. The maximum atomic E-state index is 5.82. The van der Waals surface area contributed by atoms with Crippen LogP contribution >= 0.6 is 11.3 Å². The van der Waals surface area contributed by atoms with Gasteiger partial charge in [0.15, 0.2) is 0 Å². The number of nitrogen functional groups attached to an aromatic ring is 1. The van der Waals surface area contributed by atoms with Gasteiger partial charge in [-0.3, -0.25) is 0 Å². The molecule has 1 fully saturated rings. The van der Waals surface area contributed by atoms with Crippen LogP contribution in [-0.4, -0.2) is 4.98 Å². The lowest BCUT2D eigenvalue weighted by Gasteiger charge is -2.19. The van der Waals surface area contributed by atoms with Crippen molar-refractivity contribution in [2.75, 3.05) is 5.73 Å². The third-order valence-electron chi connectivity index (χ3n) is 3.68. The van der Waals surface area contributed by atoms with E-state index in [0.29, 0.717) is 5.92 Å². The first-order valence-electron chi connectivity index (χ1n) is 6.64. The van der Waals surface area contributed by atoms with Crippen LogP contribution in [-0.2, 0) is 0 Å². The number of rotatable bonds is 2. The van der Waals surface area contributed by atoms with Crippen molar-refractivity contribution < 1.29 is 0 Å². The topological polar surface area (TPSA) is 38.9 Å². The Kier molecular flexibility index (Phi) is 3.33. The van der Waals surface area contributed by atoms with E-state index in [0.717, 1.165) is 16.3 Å². The highest BCUT2D eigenvalue weighted by atomic mass is 32.1. The van der Waals surface area contributed by atoms with Gasteiger partial charge in [-0.05, 0) is 25.0 Å². The average molecular weight is 258 g/mol. The molecule has 1 aliphatic rings. The molecular weight excluding hydrogens is 240 g/mol. The summed E-state index contributed by atoms with van der Waals surface area (Å²) in [6, 6.07) is 7.99. The van der Waals surface area contributed by atoms with Gasteiger partial charge in [-0.25, -0.2) is 4.98 Å². The van der Waals surface area contributed by atoms with Gasteiger partial charge in [0, 0.05) is 22.5 Å².